The molecule has 0 spiro atoms. The van der Waals surface area contributed by atoms with Gasteiger partial charge in [-0.3, -0.25) is 47.7 Å². The first kappa shape index (κ1) is 110. The highest BCUT2D eigenvalue weighted by atomic mass is 32.2. The number of amides is 2. The number of nitrogens with two attached hydrogens (primary N) is 1. The van der Waals surface area contributed by atoms with Crippen molar-refractivity contribution in [3.05, 3.63) is 71.3 Å². The van der Waals surface area contributed by atoms with E-state index in [-0.39, 0.29) is 91.3 Å². The van der Waals surface area contributed by atoms with Crippen LogP contribution >= 0.6 is 0 Å². The molecule has 0 bridgehead atoms. The fraction of sp³-hybridized carbons (Fsp3) is 0.718. The maximum Gasteiger partial charge on any atom is 0.335 e. The van der Waals surface area contributed by atoms with Crippen LogP contribution in [0.25, 0.3) is 0 Å². The molecule has 8 N–H and O–H groups in total. The molecule has 0 heterocycles. The number of carbonyl (C=O) groups excluding carboxylic acids is 8. The Balaban J connectivity index is -0.000000207. The number of esters is 5. The number of rotatable bonds is 32. The van der Waals surface area contributed by atoms with Gasteiger partial charge in [0.25, 0.3) is 10.1 Å². The minimum Gasteiger partial charge on any atom is -0.481 e. The van der Waals surface area contributed by atoms with Gasteiger partial charge in [0.15, 0.2) is 4.87 Å². The van der Waals surface area contributed by atoms with Gasteiger partial charge in [-0.15, -0.1) is 0 Å². The maximum absolute atomic E-state index is 11.7. The second-order valence-corrected chi connectivity index (χ2v) is 31.4. The quantitative estimate of drug-likeness (QED) is 0.0118. The van der Waals surface area contributed by atoms with Crippen LogP contribution in [0, 0.1) is 38.4 Å². The number of likely N-dealkylation sites (N-methyl/N-ethyl adjacent to an activating group) is 1. The van der Waals surface area contributed by atoms with E-state index in [1.165, 1.54) is 26.3 Å². The number of nitrogens with one attached hydrogen (secondary N) is 1. The van der Waals surface area contributed by atoms with Crippen LogP contribution in [0.1, 0.15) is 279 Å². The monoisotopic (exact) mass is 1500 g/mol. The molecular weight excluding hydrogens is 1360 g/mol. The molecule has 104 heavy (non-hydrogen) atoms. The number of nitrogens with zero attached hydrogens (tertiary/aromatic N) is 1. The number of Topliss-reactive ketones (excluding diaryl/α,β-unsaturated/α-hetero) is 1. The molecule has 2 aromatic carbocycles. The van der Waals surface area contributed by atoms with Gasteiger partial charge < -0.3 is 60.1 Å². The van der Waals surface area contributed by atoms with E-state index in [0.29, 0.717) is 44.0 Å². The summed E-state index contributed by atoms with van der Waals surface area (Å²) in [6, 6.07) is 16.8. The fourth-order valence-electron chi connectivity index (χ4n) is 5.30. The van der Waals surface area contributed by atoms with Crippen molar-refractivity contribution < 1.29 is 105 Å². The van der Waals surface area contributed by atoms with Gasteiger partial charge in [0.05, 0.1) is 45.3 Å². The summed E-state index contributed by atoms with van der Waals surface area (Å²) in [6.07, 6.45) is 6.72. The lowest BCUT2D eigenvalue weighted by Crippen LogP contribution is -2.53. The third-order valence-electron chi connectivity index (χ3n) is 17.1. The number of aliphatic hydroxyl groups excluding tert-OH is 2. The summed E-state index contributed by atoms with van der Waals surface area (Å²) in [4.78, 5) is 110. The summed E-state index contributed by atoms with van der Waals surface area (Å²) in [6.45, 7) is 50.4. The number of benzene rings is 2. The molecule has 25 nitrogen and oxygen atoms in total. The standard InChI is InChI=1S/C13H18O2.C12H20O5.C11H14O2.C10H21NO2.C9H19NO4S.C8H16O3.C6H12O2.C5H11NO.C4H10O/c1-4-13(2,3)12(14)15-10-11-8-6-5-7-9-11;1-5-12(3,4)11(15)17-7-6-16-10(14)8-9(2)13;1-3-8(2)9-4-6-10(7-5-9)11(12)13;1-6-10(2,3)9(12)13-8-7-11(4)5;1-6-8(2,3)7(11)10-9(4,5)15(12,13)14;1-4-8(2,3)7(10)11-6-5-9;1-4-6(2,3)5(7)8;1-3-4(2)5(6)7;1-3-4(2)5/h5-9H,4,10H2,1-3H3;5-8H2,1-4H3;4-8H,3H2,1-2H3,(H,12,13);6-8H2,1-5H3;6H2,1-5H3,(H,10,11)(H,12,13,14);9H,4-6H2,1-3H3;4H2,1-3H3,(H,7,8);4H,3H2,1-2H3,(H2,6,7);4-5H,3H2,1-2H3. The molecule has 606 valence electrons. The zero-order valence-electron chi connectivity index (χ0n) is 69.1. The topological polar surface area (TPSA) is 393 Å². The number of carbonyl (C=O) groups is 10. The van der Waals surface area contributed by atoms with Crippen molar-refractivity contribution in [3.8, 4) is 0 Å². The van der Waals surface area contributed by atoms with Crippen molar-refractivity contribution in [1.82, 2.24) is 10.2 Å². The molecule has 0 aromatic heterocycles. The van der Waals surface area contributed by atoms with Gasteiger partial charge >= 0.3 is 41.8 Å². The van der Waals surface area contributed by atoms with E-state index < -0.39 is 60.5 Å². The van der Waals surface area contributed by atoms with Crippen molar-refractivity contribution in [2.24, 2.45) is 44.1 Å². The molecule has 0 aliphatic heterocycles. The third kappa shape index (κ3) is 55.6. The van der Waals surface area contributed by atoms with Crippen molar-refractivity contribution in [1.29, 1.82) is 0 Å². The summed E-state index contributed by atoms with van der Waals surface area (Å²) in [7, 11) is -0.384. The van der Waals surface area contributed by atoms with Gasteiger partial charge in [-0.25, -0.2) is 4.79 Å². The number of ketones is 1. The van der Waals surface area contributed by atoms with E-state index in [0.717, 1.165) is 50.6 Å². The predicted octanol–water partition coefficient (Wildman–Crippen LogP) is 14.0. The van der Waals surface area contributed by atoms with Gasteiger partial charge in [-0.05, 0) is 198 Å². The fourth-order valence-corrected chi connectivity index (χ4v) is 5.52. The average Bonchev–Trinajstić information content (AvgIpc) is 0.792. The molecule has 0 aliphatic carbocycles. The first-order valence-corrected chi connectivity index (χ1v) is 37.2. The first-order chi connectivity index (χ1) is 47.3. The zero-order valence-corrected chi connectivity index (χ0v) is 69.9. The Hall–Kier alpha value is -6.87. The Morgan fingerprint density at radius 2 is 0.885 bits per heavy atom. The third-order valence-corrected chi connectivity index (χ3v) is 18.5. The van der Waals surface area contributed by atoms with Crippen molar-refractivity contribution in [3.63, 3.8) is 0 Å². The molecule has 2 rings (SSSR count). The minimum absolute atomic E-state index is 0.0162. The number of carboxylic acids is 2. The smallest absolute Gasteiger partial charge is 0.335 e. The summed E-state index contributed by atoms with van der Waals surface area (Å²) in [5, 5.41) is 36.2. The number of ether oxygens (including phenoxy) is 5. The molecule has 26 heteroatoms. The molecule has 0 fully saturated rings. The maximum atomic E-state index is 11.7. The highest BCUT2D eigenvalue weighted by molar-refractivity contribution is 7.87. The lowest BCUT2D eigenvalue weighted by molar-refractivity contribution is -0.159. The highest BCUT2D eigenvalue weighted by Crippen LogP contribution is 2.26. The van der Waals surface area contributed by atoms with Crippen LogP contribution < -0.4 is 11.1 Å². The number of aliphatic hydroxyl groups is 2. The van der Waals surface area contributed by atoms with E-state index in [2.05, 4.69) is 19.2 Å². The summed E-state index contributed by atoms with van der Waals surface area (Å²) < 4.78 is 55.6. The summed E-state index contributed by atoms with van der Waals surface area (Å²) in [5.74, 6) is -3.28. The van der Waals surface area contributed by atoms with Gasteiger partial charge in [-0.1, -0.05) is 132 Å². The van der Waals surface area contributed by atoms with Gasteiger partial charge in [0.2, 0.25) is 11.8 Å². The SMILES string of the molecule is CCC(C)(C)C(=O)NC(C)(C)S(=O)(=O)O.CCC(C)(C)C(=O)O.CCC(C)(C)C(=O)OCCN(C)C.CCC(C)(C)C(=O)OCCO.CCC(C)(C)C(=O)OCCOC(=O)CC(C)=O.CCC(C)(C)C(=O)OCc1ccccc1.CCC(C)C(N)=O.CCC(C)O.CCC(C)c1ccc(C(=O)O)cc1. The Bertz CT molecular complexity index is 2870. The van der Waals surface area contributed by atoms with Crippen LogP contribution in [0.3, 0.4) is 0 Å². The van der Waals surface area contributed by atoms with Crippen LogP contribution in [0.15, 0.2) is 54.6 Å². The van der Waals surface area contributed by atoms with E-state index in [1.807, 2.05) is 165 Å². The number of hydrogen-bond donors (Lipinski definition) is 7. The normalized spacial score (nSPS) is 12.1. The second kappa shape index (κ2) is 56.5. The number of hydrogen-bond acceptors (Lipinski definition) is 20. The first-order valence-electron chi connectivity index (χ1n) is 35.8. The van der Waals surface area contributed by atoms with Crippen molar-refractivity contribution >= 4 is 69.5 Å². The number of aromatic carboxylic acids is 1. The van der Waals surface area contributed by atoms with E-state index in [4.69, 9.17) is 54.4 Å². The predicted molar refractivity (Wildman–Crippen MR) is 410 cm³/mol. The van der Waals surface area contributed by atoms with Crippen molar-refractivity contribution in [2.75, 3.05) is 53.7 Å². The molecule has 3 unspecified atom stereocenters. The Labute approximate surface area is 625 Å². The van der Waals surface area contributed by atoms with Crippen LogP contribution in [-0.4, -0.2) is 162 Å². The Morgan fingerprint density at radius 3 is 1.16 bits per heavy atom. The van der Waals surface area contributed by atoms with E-state index in [1.54, 1.807) is 60.6 Å². The number of aliphatic carboxylic acids is 1. The summed E-state index contributed by atoms with van der Waals surface area (Å²) >= 11 is 0. The molecule has 2 aromatic rings. The van der Waals surface area contributed by atoms with Gasteiger partial charge in [-0.2, -0.15) is 8.42 Å². The zero-order chi connectivity index (χ0) is 83.4. The van der Waals surface area contributed by atoms with E-state index >= 15 is 0 Å². The lowest BCUT2D eigenvalue weighted by Gasteiger charge is -2.29. The molecule has 0 radical (unpaired) electrons. The Morgan fingerprint density at radius 1 is 0.519 bits per heavy atom. The number of primary amides is 1. The molecule has 0 saturated carbocycles. The number of carboxylic acid groups (broad SMARTS) is 2. The lowest BCUT2D eigenvalue weighted by atomic mass is 9.89. The van der Waals surface area contributed by atoms with Crippen LogP contribution in [-0.2, 0) is 83.6 Å². The molecular formula is C78H141N3O22S. The van der Waals surface area contributed by atoms with Gasteiger partial charge in [0.1, 0.15) is 45.2 Å². The van der Waals surface area contributed by atoms with Crippen LogP contribution in [0.4, 0.5) is 0 Å². The minimum atomic E-state index is -4.30. The molecule has 3 atom stereocenters. The highest BCUT2D eigenvalue weighted by Gasteiger charge is 2.38. The largest absolute Gasteiger partial charge is 0.481 e. The van der Waals surface area contributed by atoms with Crippen LogP contribution in [0.5, 0.6) is 0 Å². The Kier molecular flexibility index (Phi) is 60.0. The molecule has 0 saturated heterocycles. The van der Waals surface area contributed by atoms with Gasteiger partial charge in [0, 0.05) is 17.9 Å². The van der Waals surface area contributed by atoms with Crippen LogP contribution in [0.2, 0.25) is 0 Å². The molecule has 0 aliphatic rings. The second-order valence-electron chi connectivity index (χ2n) is 29.5. The summed E-state index contributed by atoms with van der Waals surface area (Å²) in [5.41, 5.74) is 4.63. The average molecular weight is 1510 g/mol. The van der Waals surface area contributed by atoms with Crippen molar-refractivity contribution in [2.45, 2.75) is 275 Å². The van der Waals surface area contributed by atoms with E-state index in [9.17, 15) is 56.4 Å². The molecule has 2 amide bonds.